The van der Waals surface area contributed by atoms with Gasteiger partial charge >= 0.3 is 0 Å². The topological polar surface area (TPSA) is 74.1 Å². The summed E-state index contributed by atoms with van der Waals surface area (Å²) in [6.45, 7) is 1.73. The molecule has 17 heavy (non-hydrogen) atoms. The quantitative estimate of drug-likeness (QED) is 0.632. The summed E-state index contributed by atoms with van der Waals surface area (Å²) < 4.78 is 0. The zero-order valence-corrected chi connectivity index (χ0v) is 9.61. The molecule has 1 aromatic heterocycles. The Bertz CT molecular complexity index is 534. The van der Waals surface area contributed by atoms with Crippen LogP contribution in [0.1, 0.15) is 18.2 Å². The third-order valence-corrected chi connectivity index (χ3v) is 3.62. The molecule has 4 nitrogen and oxygen atoms in total. The number of aromatic hydroxyl groups is 1. The van der Waals surface area contributed by atoms with Crippen molar-refractivity contribution in [2.45, 2.75) is 12.5 Å². The monoisotopic (exact) mass is 231 g/mol. The molecular weight excluding hydrogens is 214 g/mol. The second kappa shape index (κ2) is 4.05. The van der Waals surface area contributed by atoms with Crippen molar-refractivity contribution in [1.29, 1.82) is 0 Å². The second-order valence-electron chi connectivity index (χ2n) is 4.71. The molecular formula is C13H17N3O. The molecule has 5 N–H and O–H groups in total. The minimum Gasteiger partial charge on any atom is -0.508 e. The van der Waals surface area contributed by atoms with E-state index in [2.05, 4.69) is 16.4 Å². The van der Waals surface area contributed by atoms with Crippen LogP contribution in [0.5, 0.6) is 5.75 Å². The van der Waals surface area contributed by atoms with Gasteiger partial charge < -0.3 is 21.1 Å². The maximum atomic E-state index is 9.45. The predicted octanol–water partition coefficient (Wildman–Crippen LogP) is 1.48. The Kier molecular flexibility index (Phi) is 2.53. The summed E-state index contributed by atoms with van der Waals surface area (Å²) >= 11 is 0. The summed E-state index contributed by atoms with van der Waals surface area (Å²) in [5.41, 5.74) is 7.93. The van der Waals surface area contributed by atoms with E-state index in [1.165, 1.54) is 5.69 Å². The van der Waals surface area contributed by atoms with Crippen LogP contribution in [0.2, 0.25) is 0 Å². The highest BCUT2D eigenvalue weighted by Gasteiger charge is 2.28. The molecule has 0 spiro atoms. The molecule has 1 aliphatic rings. The third-order valence-electron chi connectivity index (χ3n) is 3.62. The van der Waals surface area contributed by atoms with Crippen molar-refractivity contribution >= 4 is 10.9 Å². The third kappa shape index (κ3) is 1.79. The van der Waals surface area contributed by atoms with Gasteiger partial charge in [-0.1, -0.05) is 0 Å². The van der Waals surface area contributed by atoms with Gasteiger partial charge in [-0.15, -0.1) is 0 Å². The first-order valence-electron chi connectivity index (χ1n) is 6.03. The first-order chi connectivity index (χ1) is 8.28. The van der Waals surface area contributed by atoms with E-state index in [0.29, 0.717) is 24.3 Å². The van der Waals surface area contributed by atoms with Crippen molar-refractivity contribution < 1.29 is 5.11 Å². The van der Waals surface area contributed by atoms with Crippen LogP contribution in [-0.4, -0.2) is 23.2 Å². The first-order valence-corrected chi connectivity index (χ1v) is 6.03. The standard InChI is InChI=1S/C13H17N3O/c14-7-9-3-4-15-13(9)12-5-8-1-2-10(17)6-11(8)16-12/h1-2,5-6,9,13,15-17H,3-4,7,14H2. The molecule has 0 amide bonds. The Hall–Kier alpha value is -1.52. The van der Waals surface area contributed by atoms with E-state index in [-0.39, 0.29) is 0 Å². The van der Waals surface area contributed by atoms with Crippen LogP contribution < -0.4 is 11.1 Å². The molecule has 1 saturated heterocycles. The largest absolute Gasteiger partial charge is 0.508 e. The minimum absolute atomic E-state index is 0.292. The van der Waals surface area contributed by atoms with Crippen LogP contribution in [0.3, 0.4) is 0 Å². The number of benzene rings is 1. The summed E-state index contributed by atoms with van der Waals surface area (Å²) in [5.74, 6) is 0.789. The maximum absolute atomic E-state index is 9.45. The van der Waals surface area contributed by atoms with Gasteiger partial charge in [0.25, 0.3) is 0 Å². The molecule has 1 aliphatic heterocycles. The Morgan fingerprint density at radius 2 is 2.24 bits per heavy atom. The summed E-state index contributed by atoms with van der Waals surface area (Å²) in [6, 6.07) is 7.85. The van der Waals surface area contributed by atoms with Crippen molar-refractivity contribution in [2.24, 2.45) is 11.7 Å². The molecule has 0 saturated carbocycles. The van der Waals surface area contributed by atoms with Crippen LogP contribution in [-0.2, 0) is 0 Å². The molecule has 3 rings (SSSR count). The van der Waals surface area contributed by atoms with Crippen molar-refractivity contribution in [3.8, 4) is 5.75 Å². The highest BCUT2D eigenvalue weighted by atomic mass is 16.3. The van der Waals surface area contributed by atoms with E-state index in [9.17, 15) is 5.11 Å². The number of phenolic OH excluding ortho intramolecular Hbond substituents is 1. The van der Waals surface area contributed by atoms with E-state index in [1.807, 2.05) is 6.07 Å². The van der Waals surface area contributed by atoms with Gasteiger partial charge in [-0.3, -0.25) is 0 Å². The van der Waals surface area contributed by atoms with Crippen molar-refractivity contribution in [3.05, 3.63) is 30.0 Å². The predicted molar refractivity (Wildman–Crippen MR) is 67.9 cm³/mol. The Morgan fingerprint density at radius 1 is 1.35 bits per heavy atom. The average Bonchev–Trinajstić information content (AvgIpc) is 2.93. The average molecular weight is 231 g/mol. The van der Waals surface area contributed by atoms with Gasteiger partial charge in [0, 0.05) is 17.3 Å². The van der Waals surface area contributed by atoms with Gasteiger partial charge in [0.05, 0.1) is 6.04 Å². The van der Waals surface area contributed by atoms with Gasteiger partial charge in [-0.2, -0.15) is 0 Å². The fourth-order valence-electron chi connectivity index (χ4n) is 2.68. The molecule has 2 atom stereocenters. The molecule has 1 aromatic carbocycles. The molecule has 2 aromatic rings. The van der Waals surface area contributed by atoms with Crippen molar-refractivity contribution in [3.63, 3.8) is 0 Å². The van der Waals surface area contributed by atoms with Gasteiger partial charge in [0.2, 0.25) is 0 Å². The smallest absolute Gasteiger partial charge is 0.117 e. The van der Waals surface area contributed by atoms with Crippen LogP contribution in [0.15, 0.2) is 24.3 Å². The highest BCUT2D eigenvalue weighted by Crippen LogP contribution is 2.31. The fraction of sp³-hybridized carbons (Fsp3) is 0.385. The fourth-order valence-corrected chi connectivity index (χ4v) is 2.68. The summed E-state index contributed by atoms with van der Waals surface area (Å²) in [5, 5.41) is 14.1. The van der Waals surface area contributed by atoms with E-state index in [4.69, 9.17) is 5.73 Å². The minimum atomic E-state index is 0.292. The van der Waals surface area contributed by atoms with Gasteiger partial charge in [0.15, 0.2) is 0 Å². The Balaban J connectivity index is 2.00. The maximum Gasteiger partial charge on any atom is 0.117 e. The van der Waals surface area contributed by atoms with Gasteiger partial charge in [0.1, 0.15) is 5.75 Å². The molecule has 2 unspecified atom stereocenters. The van der Waals surface area contributed by atoms with Crippen LogP contribution in [0.25, 0.3) is 10.9 Å². The van der Waals surface area contributed by atoms with Crippen molar-refractivity contribution in [2.75, 3.05) is 13.1 Å². The van der Waals surface area contributed by atoms with E-state index >= 15 is 0 Å². The zero-order valence-electron chi connectivity index (χ0n) is 9.61. The summed E-state index contributed by atoms with van der Waals surface area (Å²) in [7, 11) is 0. The number of hydrogen-bond donors (Lipinski definition) is 4. The lowest BCUT2D eigenvalue weighted by atomic mass is 9.98. The van der Waals surface area contributed by atoms with Crippen LogP contribution in [0, 0.1) is 5.92 Å². The van der Waals surface area contributed by atoms with Gasteiger partial charge in [-0.25, -0.2) is 0 Å². The molecule has 2 heterocycles. The molecule has 0 aliphatic carbocycles. The van der Waals surface area contributed by atoms with Crippen LogP contribution >= 0.6 is 0 Å². The number of phenols is 1. The number of aromatic amines is 1. The SMILES string of the molecule is NCC1CCNC1c1cc2ccc(O)cc2[nH]1. The lowest BCUT2D eigenvalue weighted by molar-refractivity contribution is 0.465. The van der Waals surface area contributed by atoms with E-state index in [1.54, 1.807) is 12.1 Å². The van der Waals surface area contributed by atoms with E-state index in [0.717, 1.165) is 23.9 Å². The number of nitrogens with two attached hydrogens (primary N) is 1. The molecule has 4 heteroatoms. The lowest BCUT2D eigenvalue weighted by Crippen LogP contribution is -2.23. The summed E-state index contributed by atoms with van der Waals surface area (Å²) in [4.78, 5) is 3.36. The number of nitrogens with one attached hydrogen (secondary N) is 2. The van der Waals surface area contributed by atoms with Crippen molar-refractivity contribution in [1.82, 2.24) is 10.3 Å². The Morgan fingerprint density at radius 3 is 3.06 bits per heavy atom. The summed E-state index contributed by atoms with van der Waals surface area (Å²) in [6.07, 6.45) is 1.13. The second-order valence-corrected chi connectivity index (χ2v) is 4.71. The molecule has 1 fully saturated rings. The van der Waals surface area contributed by atoms with E-state index < -0.39 is 0 Å². The first kappa shape index (κ1) is 10.6. The van der Waals surface area contributed by atoms with Gasteiger partial charge in [-0.05, 0) is 49.0 Å². The van der Waals surface area contributed by atoms with Crippen LogP contribution in [0.4, 0.5) is 0 Å². The number of fused-ring (bicyclic) bond motifs is 1. The number of H-pyrrole nitrogens is 1. The Labute approximate surface area is 99.8 Å². The lowest BCUT2D eigenvalue weighted by Gasteiger charge is -2.16. The highest BCUT2D eigenvalue weighted by molar-refractivity contribution is 5.81. The number of rotatable bonds is 2. The molecule has 0 bridgehead atoms. The molecule has 90 valence electrons. The zero-order chi connectivity index (χ0) is 11.8. The number of aromatic nitrogens is 1. The normalized spacial score (nSPS) is 24.5. The number of hydrogen-bond acceptors (Lipinski definition) is 3. The molecule has 0 radical (unpaired) electrons.